The van der Waals surface area contributed by atoms with Crippen LogP contribution in [0.2, 0.25) is 0 Å². The van der Waals surface area contributed by atoms with Gasteiger partial charge in [-0.2, -0.15) is 0 Å². The van der Waals surface area contributed by atoms with Gasteiger partial charge in [0.05, 0.1) is 13.2 Å². The molecule has 0 saturated carbocycles. The van der Waals surface area contributed by atoms with Crippen molar-refractivity contribution in [3.05, 3.63) is 0 Å². The maximum absolute atomic E-state index is 11.7. The third-order valence-electron chi connectivity index (χ3n) is 2.39. The molecule has 0 aromatic heterocycles. The zero-order valence-electron chi connectivity index (χ0n) is 10.6. The number of ether oxygens (including phenoxy) is 2. The van der Waals surface area contributed by atoms with Crippen LogP contribution in [-0.2, 0) is 19.1 Å². The highest BCUT2D eigenvalue weighted by Gasteiger charge is 2.34. The van der Waals surface area contributed by atoms with Crippen molar-refractivity contribution in [2.75, 3.05) is 13.2 Å². The van der Waals surface area contributed by atoms with E-state index in [0.717, 1.165) is 12.8 Å². The Balaban J connectivity index is 4.60. The third kappa shape index (κ3) is 4.64. The van der Waals surface area contributed by atoms with Crippen LogP contribution in [0.15, 0.2) is 0 Å². The van der Waals surface area contributed by atoms with Crippen LogP contribution in [0.25, 0.3) is 0 Å². The first-order valence-electron chi connectivity index (χ1n) is 5.91. The van der Waals surface area contributed by atoms with Gasteiger partial charge in [-0.3, -0.25) is 9.59 Å². The number of rotatable bonds is 7. The summed E-state index contributed by atoms with van der Waals surface area (Å²) in [7, 11) is 0. The average molecular weight is 230 g/mol. The first-order valence-corrected chi connectivity index (χ1v) is 5.91. The summed E-state index contributed by atoms with van der Waals surface area (Å²) < 4.78 is 9.80. The SMILES string of the molecule is CCC[C@@H](C)C(C(=O)OCC)C(=O)OCC. The largest absolute Gasteiger partial charge is 0.465 e. The molecule has 0 aromatic carbocycles. The minimum atomic E-state index is -0.778. The first-order chi connectivity index (χ1) is 7.58. The van der Waals surface area contributed by atoms with E-state index in [4.69, 9.17) is 9.47 Å². The van der Waals surface area contributed by atoms with Crippen molar-refractivity contribution in [1.29, 1.82) is 0 Å². The lowest BCUT2D eigenvalue weighted by Gasteiger charge is -2.20. The minimum absolute atomic E-state index is 0.0388. The van der Waals surface area contributed by atoms with Gasteiger partial charge < -0.3 is 9.47 Å². The maximum Gasteiger partial charge on any atom is 0.320 e. The Morgan fingerprint density at radius 1 is 1.00 bits per heavy atom. The molecule has 0 aliphatic carbocycles. The first kappa shape index (κ1) is 14.9. The van der Waals surface area contributed by atoms with Crippen LogP contribution < -0.4 is 0 Å². The second-order valence-corrected chi connectivity index (χ2v) is 3.75. The van der Waals surface area contributed by atoms with Crippen LogP contribution in [0.5, 0.6) is 0 Å². The Hall–Kier alpha value is -1.06. The maximum atomic E-state index is 11.7. The van der Waals surface area contributed by atoms with E-state index in [0.29, 0.717) is 0 Å². The van der Waals surface area contributed by atoms with Crippen LogP contribution in [0.1, 0.15) is 40.5 Å². The molecule has 0 aromatic rings. The van der Waals surface area contributed by atoms with Crippen LogP contribution in [0.3, 0.4) is 0 Å². The van der Waals surface area contributed by atoms with E-state index in [9.17, 15) is 9.59 Å². The molecular formula is C12H22O4. The van der Waals surface area contributed by atoms with Gasteiger partial charge in [0.2, 0.25) is 0 Å². The summed E-state index contributed by atoms with van der Waals surface area (Å²) in [5, 5.41) is 0. The smallest absolute Gasteiger partial charge is 0.320 e. The van der Waals surface area contributed by atoms with Crippen molar-refractivity contribution < 1.29 is 19.1 Å². The zero-order chi connectivity index (χ0) is 12.6. The summed E-state index contributed by atoms with van der Waals surface area (Å²) in [4.78, 5) is 23.3. The molecule has 0 aliphatic rings. The second kappa shape index (κ2) is 8.13. The van der Waals surface area contributed by atoms with E-state index >= 15 is 0 Å². The predicted octanol–water partition coefficient (Wildman–Crippen LogP) is 2.17. The van der Waals surface area contributed by atoms with Crippen LogP contribution in [-0.4, -0.2) is 25.2 Å². The summed E-state index contributed by atoms with van der Waals surface area (Å²) in [6, 6.07) is 0. The van der Waals surface area contributed by atoms with Gasteiger partial charge in [0, 0.05) is 0 Å². The molecule has 0 radical (unpaired) electrons. The lowest BCUT2D eigenvalue weighted by atomic mass is 9.90. The van der Waals surface area contributed by atoms with Gasteiger partial charge >= 0.3 is 11.9 Å². The summed E-state index contributed by atoms with van der Waals surface area (Å²) >= 11 is 0. The highest BCUT2D eigenvalue weighted by Crippen LogP contribution is 2.20. The molecule has 1 atom stereocenters. The molecule has 16 heavy (non-hydrogen) atoms. The molecule has 0 N–H and O–H groups in total. The molecule has 0 rings (SSSR count). The fraction of sp³-hybridized carbons (Fsp3) is 0.833. The monoisotopic (exact) mass is 230 g/mol. The molecule has 0 aliphatic heterocycles. The van der Waals surface area contributed by atoms with E-state index in [1.807, 2.05) is 13.8 Å². The molecule has 94 valence electrons. The highest BCUT2D eigenvalue weighted by atomic mass is 16.6. The quantitative estimate of drug-likeness (QED) is 0.497. The Morgan fingerprint density at radius 3 is 1.75 bits per heavy atom. The molecule has 0 spiro atoms. The molecule has 0 unspecified atom stereocenters. The Labute approximate surface area is 97.3 Å². The van der Waals surface area contributed by atoms with Gasteiger partial charge in [-0.25, -0.2) is 0 Å². The molecule has 0 bridgehead atoms. The van der Waals surface area contributed by atoms with E-state index in [1.54, 1.807) is 13.8 Å². The summed E-state index contributed by atoms with van der Waals surface area (Å²) in [6.45, 7) is 7.92. The van der Waals surface area contributed by atoms with Crippen molar-refractivity contribution in [3.8, 4) is 0 Å². The molecule has 0 saturated heterocycles. The highest BCUT2D eigenvalue weighted by molar-refractivity contribution is 5.95. The number of carbonyl (C=O) groups is 2. The topological polar surface area (TPSA) is 52.6 Å². The van der Waals surface area contributed by atoms with Gasteiger partial charge in [0.25, 0.3) is 0 Å². The van der Waals surface area contributed by atoms with E-state index in [1.165, 1.54) is 0 Å². The average Bonchev–Trinajstić information content (AvgIpc) is 2.19. The molecular weight excluding hydrogens is 208 g/mol. The fourth-order valence-corrected chi connectivity index (χ4v) is 1.65. The van der Waals surface area contributed by atoms with Crippen molar-refractivity contribution in [2.24, 2.45) is 11.8 Å². The standard InChI is InChI=1S/C12H22O4/c1-5-8-9(4)10(11(13)15-6-2)12(14)16-7-3/h9-10H,5-8H2,1-4H3/t9-/m1/s1. The molecule has 4 heteroatoms. The third-order valence-corrected chi connectivity index (χ3v) is 2.39. The van der Waals surface area contributed by atoms with Gasteiger partial charge in [-0.05, 0) is 26.2 Å². The van der Waals surface area contributed by atoms with Crippen LogP contribution in [0, 0.1) is 11.8 Å². The summed E-state index contributed by atoms with van der Waals surface area (Å²) in [6.07, 6.45) is 1.73. The van der Waals surface area contributed by atoms with E-state index in [2.05, 4.69) is 0 Å². The fourth-order valence-electron chi connectivity index (χ4n) is 1.65. The van der Waals surface area contributed by atoms with Crippen molar-refractivity contribution in [2.45, 2.75) is 40.5 Å². The Bertz CT molecular complexity index is 207. The number of hydrogen-bond donors (Lipinski definition) is 0. The molecule has 0 amide bonds. The number of esters is 2. The van der Waals surface area contributed by atoms with Gasteiger partial charge in [0.1, 0.15) is 0 Å². The van der Waals surface area contributed by atoms with Crippen molar-refractivity contribution in [3.63, 3.8) is 0 Å². The Kier molecular flexibility index (Phi) is 7.60. The lowest BCUT2D eigenvalue weighted by molar-refractivity contribution is -0.164. The van der Waals surface area contributed by atoms with E-state index in [-0.39, 0.29) is 19.1 Å². The van der Waals surface area contributed by atoms with Crippen molar-refractivity contribution >= 4 is 11.9 Å². The molecule has 0 heterocycles. The van der Waals surface area contributed by atoms with E-state index < -0.39 is 17.9 Å². The van der Waals surface area contributed by atoms with Crippen LogP contribution in [0.4, 0.5) is 0 Å². The summed E-state index contributed by atoms with van der Waals surface area (Å²) in [5.41, 5.74) is 0. The van der Waals surface area contributed by atoms with Gasteiger partial charge in [0.15, 0.2) is 5.92 Å². The second-order valence-electron chi connectivity index (χ2n) is 3.75. The normalized spacial score (nSPS) is 12.3. The Morgan fingerprint density at radius 2 is 1.44 bits per heavy atom. The number of carbonyl (C=O) groups excluding carboxylic acids is 2. The molecule has 4 nitrogen and oxygen atoms in total. The van der Waals surface area contributed by atoms with Crippen LogP contribution >= 0.6 is 0 Å². The zero-order valence-corrected chi connectivity index (χ0v) is 10.6. The summed E-state index contributed by atoms with van der Waals surface area (Å²) in [5.74, 6) is -1.76. The molecule has 0 fully saturated rings. The number of hydrogen-bond acceptors (Lipinski definition) is 4. The minimum Gasteiger partial charge on any atom is -0.465 e. The van der Waals surface area contributed by atoms with Crippen molar-refractivity contribution in [1.82, 2.24) is 0 Å². The van der Waals surface area contributed by atoms with Gasteiger partial charge in [-0.1, -0.05) is 20.3 Å². The lowest BCUT2D eigenvalue weighted by Crippen LogP contribution is -2.33. The predicted molar refractivity (Wildman–Crippen MR) is 60.8 cm³/mol. The van der Waals surface area contributed by atoms with Gasteiger partial charge in [-0.15, -0.1) is 0 Å².